The predicted octanol–water partition coefficient (Wildman–Crippen LogP) is 3.61. The Balaban J connectivity index is 1.93. The first-order chi connectivity index (χ1) is 9.61. The summed E-state index contributed by atoms with van der Waals surface area (Å²) < 4.78 is 24.1. The summed E-state index contributed by atoms with van der Waals surface area (Å²) in [5, 5.41) is 0. The van der Waals surface area contributed by atoms with E-state index in [4.69, 9.17) is 9.47 Å². The van der Waals surface area contributed by atoms with Gasteiger partial charge in [-0.15, -0.1) is 0 Å². The molecule has 1 fully saturated rings. The van der Waals surface area contributed by atoms with Crippen molar-refractivity contribution in [2.24, 2.45) is 5.92 Å². The largest absolute Gasteiger partial charge is 0.494 e. The van der Waals surface area contributed by atoms with Crippen molar-refractivity contribution in [2.75, 3.05) is 13.7 Å². The number of carbonyl (C=O) groups is 1. The van der Waals surface area contributed by atoms with Crippen molar-refractivity contribution >= 4 is 5.78 Å². The van der Waals surface area contributed by atoms with Crippen molar-refractivity contribution in [2.45, 2.75) is 38.7 Å². The van der Waals surface area contributed by atoms with Crippen LogP contribution in [0.4, 0.5) is 4.39 Å². The Morgan fingerprint density at radius 3 is 2.75 bits per heavy atom. The molecule has 0 amide bonds. The highest BCUT2D eigenvalue weighted by Gasteiger charge is 2.23. The SMILES string of the molecule is COc1ccc(C(=O)COC2CCCCC2C)cc1F. The third-order valence-electron chi connectivity index (χ3n) is 3.94. The standard InChI is InChI=1S/C16H21FO3/c1-11-5-3-4-6-15(11)20-10-14(18)12-7-8-16(19-2)13(17)9-12/h7-9,11,15H,3-6,10H2,1-2H3. The topological polar surface area (TPSA) is 35.5 Å². The van der Waals surface area contributed by atoms with E-state index in [0.29, 0.717) is 11.5 Å². The Labute approximate surface area is 119 Å². The van der Waals surface area contributed by atoms with E-state index in [-0.39, 0.29) is 24.2 Å². The van der Waals surface area contributed by atoms with Gasteiger partial charge in [-0.25, -0.2) is 4.39 Å². The number of hydrogen-bond donors (Lipinski definition) is 0. The first kappa shape index (κ1) is 15.0. The van der Waals surface area contributed by atoms with Crippen LogP contribution in [-0.4, -0.2) is 25.6 Å². The molecule has 3 nitrogen and oxygen atoms in total. The third kappa shape index (κ3) is 3.57. The molecule has 0 spiro atoms. The molecule has 4 heteroatoms. The molecule has 1 aromatic carbocycles. The van der Waals surface area contributed by atoms with Crippen LogP contribution in [0.3, 0.4) is 0 Å². The molecule has 0 aliphatic heterocycles. The highest BCUT2D eigenvalue weighted by Crippen LogP contribution is 2.26. The maximum Gasteiger partial charge on any atom is 0.188 e. The van der Waals surface area contributed by atoms with E-state index in [0.717, 1.165) is 19.3 Å². The fourth-order valence-electron chi connectivity index (χ4n) is 2.64. The molecule has 0 N–H and O–H groups in total. The lowest BCUT2D eigenvalue weighted by molar-refractivity contribution is 0.000736. The molecule has 2 atom stereocenters. The Hall–Kier alpha value is -1.42. The average molecular weight is 280 g/mol. The van der Waals surface area contributed by atoms with E-state index in [9.17, 15) is 9.18 Å². The minimum atomic E-state index is -0.524. The average Bonchev–Trinajstić information content (AvgIpc) is 2.46. The van der Waals surface area contributed by atoms with Crippen LogP contribution in [0.2, 0.25) is 0 Å². The molecule has 1 aliphatic rings. The molecule has 110 valence electrons. The van der Waals surface area contributed by atoms with Gasteiger partial charge < -0.3 is 9.47 Å². The molecular weight excluding hydrogens is 259 g/mol. The molecule has 0 aromatic heterocycles. The van der Waals surface area contributed by atoms with Crippen molar-refractivity contribution in [3.63, 3.8) is 0 Å². The van der Waals surface area contributed by atoms with Gasteiger partial charge in [-0.3, -0.25) is 4.79 Å². The number of Topliss-reactive ketones (excluding diaryl/α,β-unsaturated/α-hetero) is 1. The van der Waals surface area contributed by atoms with Crippen LogP contribution in [0.15, 0.2) is 18.2 Å². The van der Waals surface area contributed by atoms with Gasteiger partial charge in [0, 0.05) is 5.56 Å². The number of halogens is 1. The molecule has 2 unspecified atom stereocenters. The van der Waals surface area contributed by atoms with Gasteiger partial charge in [0.25, 0.3) is 0 Å². The van der Waals surface area contributed by atoms with Crippen LogP contribution in [-0.2, 0) is 4.74 Å². The van der Waals surface area contributed by atoms with Gasteiger partial charge in [0.05, 0.1) is 13.2 Å². The second-order valence-corrected chi connectivity index (χ2v) is 5.38. The predicted molar refractivity (Wildman–Crippen MR) is 74.7 cm³/mol. The van der Waals surface area contributed by atoms with Gasteiger partial charge in [0.2, 0.25) is 0 Å². The van der Waals surface area contributed by atoms with Crippen molar-refractivity contribution in [3.05, 3.63) is 29.6 Å². The Kier molecular flexibility index (Phi) is 5.12. The van der Waals surface area contributed by atoms with E-state index in [1.54, 1.807) is 6.07 Å². The zero-order valence-electron chi connectivity index (χ0n) is 12.0. The second kappa shape index (κ2) is 6.84. The summed E-state index contributed by atoms with van der Waals surface area (Å²) in [5.74, 6) is -0.0822. The number of methoxy groups -OCH3 is 1. The number of ketones is 1. The van der Waals surface area contributed by atoms with Crippen LogP contribution < -0.4 is 4.74 Å². The van der Waals surface area contributed by atoms with Gasteiger partial charge in [-0.1, -0.05) is 19.8 Å². The Morgan fingerprint density at radius 2 is 2.10 bits per heavy atom. The zero-order valence-corrected chi connectivity index (χ0v) is 12.0. The first-order valence-electron chi connectivity index (χ1n) is 7.10. The molecule has 1 aromatic rings. The minimum absolute atomic E-state index is 0.0147. The van der Waals surface area contributed by atoms with Gasteiger partial charge >= 0.3 is 0 Å². The normalized spacial score (nSPS) is 22.6. The zero-order chi connectivity index (χ0) is 14.5. The fraction of sp³-hybridized carbons (Fsp3) is 0.562. The summed E-state index contributed by atoms with van der Waals surface area (Å²) in [7, 11) is 1.40. The Morgan fingerprint density at radius 1 is 1.35 bits per heavy atom. The maximum absolute atomic E-state index is 13.5. The highest BCUT2D eigenvalue weighted by atomic mass is 19.1. The van der Waals surface area contributed by atoms with Crippen molar-refractivity contribution in [1.29, 1.82) is 0 Å². The monoisotopic (exact) mass is 280 g/mol. The molecule has 20 heavy (non-hydrogen) atoms. The van der Waals surface area contributed by atoms with Crippen molar-refractivity contribution < 1.29 is 18.7 Å². The van der Waals surface area contributed by atoms with E-state index in [2.05, 4.69) is 6.92 Å². The van der Waals surface area contributed by atoms with Crippen LogP contribution in [0.1, 0.15) is 43.0 Å². The van der Waals surface area contributed by atoms with Crippen LogP contribution >= 0.6 is 0 Å². The van der Waals surface area contributed by atoms with E-state index in [1.165, 1.54) is 25.7 Å². The lowest BCUT2D eigenvalue weighted by Crippen LogP contribution is -2.28. The smallest absolute Gasteiger partial charge is 0.188 e. The lowest BCUT2D eigenvalue weighted by atomic mass is 9.88. The fourth-order valence-corrected chi connectivity index (χ4v) is 2.64. The van der Waals surface area contributed by atoms with Crippen LogP contribution in [0.5, 0.6) is 5.75 Å². The van der Waals surface area contributed by atoms with Gasteiger partial charge in [-0.2, -0.15) is 0 Å². The number of benzene rings is 1. The molecule has 0 radical (unpaired) electrons. The molecule has 2 rings (SSSR count). The van der Waals surface area contributed by atoms with Gasteiger partial charge in [0.1, 0.15) is 6.61 Å². The summed E-state index contributed by atoms with van der Waals surface area (Å²) >= 11 is 0. The molecule has 1 aliphatic carbocycles. The van der Waals surface area contributed by atoms with Crippen molar-refractivity contribution in [1.82, 2.24) is 0 Å². The quantitative estimate of drug-likeness (QED) is 0.773. The minimum Gasteiger partial charge on any atom is -0.494 e. The van der Waals surface area contributed by atoms with Gasteiger partial charge in [-0.05, 0) is 37.0 Å². The summed E-state index contributed by atoms with van der Waals surface area (Å²) in [6.07, 6.45) is 4.69. The highest BCUT2D eigenvalue weighted by molar-refractivity contribution is 5.97. The van der Waals surface area contributed by atoms with E-state index in [1.807, 2.05) is 0 Å². The summed E-state index contributed by atoms with van der Waals surface area (Å²) in [6, 6.07) is 4.23. The molecule has 0 saturated heterocycles. The van der Waals surface area contributed by atoms with Crippen LogP contribution in [0, 0.1) is 11.7 Å². The molecular formula is C16H21FO3. The summed E-state index contributed by atoms with van der Waals surface area (Å²) in [4.78, 5) is 12.0. The lowest BCUT2D eigenvalue weighted by Gasteiger charge is -2.28. The van der Waals surface area contributed by atoms with E-state index < -0.39 is 5.82 Å². The maximum atomic E-state index is 13.5. The first-order valence-corrected chi connectivity index (χ1v) is 7.10. The number of rotatable bonds is 5. The number of ether oxygens (including phenoxy) is 2. The third-order valence-corrected chi connectivity index (χ3v) is 3.94. The van der Waals surface area contributed by atoms with E-state index >= 15 is 0 Å². The molecule has 0 heterocycles. The molecule has 0 bridgehead atoms. The number of hydrogen-bond acceptors (Lipinski definition) is 3. The number of carbonyl (C=O) groups excluding carboxylic acids is 1. The van der Waals surface area contributed by atoms with Gasteiger partial charge in [0.15, 0.2) is 17.3 Å². The Bertz CT molecular complexity index is 473. The summed E-state index contributed by atoms with van der Waals surface area (Å²) in [6.45, 7) is 2.17. The summed E-state index contributed by atoms with van der Waals surface area (Å²) in [5.41, 5.74) is 0.326. The molecule has 1 saturated carbocycles. The van der Waals surface area contributed by atoms with Crippen LogP contribution in [0.25, 0.3) is 0 Å². The second-order valence-electron chi connectivity index (χ2n) is 5.38. The van der Waals surface area contributed by atoms with Crippen molar-refractivity contribution in [3.8, 4) is 5.75 Å².